The number of hydrogen-bond acceptors (Lipinski definition) is 15. The molecule has 3 N–H and O–H groups in total. The number of aliphatic hydroxyl groups excluding tert-OH is 1. The lowest BCUT2D eigenvalue weighted by atomic mass is 10.0. The summed E-state index contributed by atoms with van der Waals surface area (Å²) in [6.45, 7) is 4.75. The SMILES string of the molecule is CC/C=C\C/C=C\C/C=C\C/C=C\CCCCCCCCC(=O)OCC(COP(=O)(O)OCC(O)COP(=O)(O)OCC(COC(=O)CCCCCCCCCCCCCCCCC)OC(=O)CCCCCCC/C=C\CCCCCC)OC(=O)CCCCCCCC/C=C\C/C=C\C/C=C\CCCCC. The van der Waals surface area contributed by atoms with E-state index in [0.29, 0.717) is 25.7 Å². The lowest BCUT2D eigenvalue weighted by molar-refractivity contribution is -0.161. The molecule has 5 unspecified atom stereocenters. The first kappa shape index (κ1) is 102. The second-order valence-electron chi connectivity index (χ2n) is 28.4. The summed E-state index contributed by atoms with van der Waals surface area (Å²) in [6.07, 6.45) is 85.1. The lowest BCUT2D eigenvalue weighted by Crippen LogP contribution is -2.30. The molecular formula is C87H154O17P2. The second-order valence-corrected chi connectivity index (χ2v) is 31.3. The van der Waals surface area contributed by atoms with Crippen LogP contribution in [0.2, 0.25) is 0 Å². The number of esters is 4. The van der Waals surface area contributed by atoms with Crippen LogP contribution >= 0.6 is 15.6 Å². The van der Waals surface area contributed by atoms with Crippen LogP contribution in [-0.4, -0.2) is 96.7 Å². The topological polar surface area (TPSA) is 237 Å². The summed E-state index contributed by atoms with van der Waals surface area (Å²) >= 11 is 0. The Morgan fingerprint density at radius 2 is 0.491 bits per heavy atom. The van der Waals surface area contributed by atoms with Gasteiger partial charge in [0.25, 0.3) is 0 Å². The average molecular weight is 1530 g/mol. The number of phosphoric acid groups is 2. The molecule has 5 atom stereocenters. The van der Waals surface area contributed by atoms with Crippen LogP contribution in [0.15, 0.2) is 97.2 Å². The number of unbranched alkanes of at least 4 members (excludes halogenated alkanes) is 38. The normalized spacial score (nSPS) is 14.3. The fraction of sp³-hybridized carbons (Fsp3) is 0.770. The van der Waals surface area contributed by atoms with Crippen LogP contribution in [0.1, 0.15) is 374 Å². The maximum absolute atomic E-state index is 13.1. The van der Waals surface area contributed by atoms with Gasteiger partial charge in [0, 0.05) is 25.7 Å². The highest BCUT2D eigenvalue weighted by Gasteiger charge is 2.30. The summed E-state index contributed by atoms with van der Waals surface area (Å²) < 4.78 is 68.8. The van der Waals surface area contributed by atoms with Gasteiger partial charge in [-0.3, -0.25) is 37.3 Å². The van der Waals surface area contributed by atoms with E-state index in [1.807, 2.05) is 0 Å². The molecule has 0 spiro atoms. The van der Waals surface area contributed by atoms with E-state index in [1.165, 1.54) is 116 Å². The quantitative estimate of drug-likeness (QED) is 0.0169. The van der Waals surface area contributed by atoms with E-state index in [-0.39, 0.29) is 25.7 Å². The zero-order valence-electron chi connectivity index (χ0n) is 67.3. The predicted molar refractivity (Wildman–Crippen MR) is 436 cm³/mol. The van der Waals surface area contributed by atoms with Gasteiger partial charge in [-0.2, -0.15) is 0 Å². The fourth-order valence-electron chi connectivity index (χ4n) is 11.6. The highest BCUT2D eigenvalue weighted by molar-refractivity contribution is 7.47. The van der Waals surface area contributed by atoms with Crippen molar-refractivity contribution in [3.8, 4) is 0 Å². The van der Waals surface area contributed by atoms with Crippen LogP contribution in [0, 0.1) is 0 Å². The Balaban J connectivity index is 5.37. The molecule has 0 saturated carbocycles. The lowest BCUT2D eigenvalue weighted by Gasteiger charge is -2.21. The van der Waals surface area contributed by atoms with Gasteiger partial charge < -0.3 is 33.8 Å². The molecule has 0 aliphatic rings. The molecule has 614 valence electrons. The number of allylic oxidation sites excluding steroid dienone is 16. The molecule has 0 bridgehead atoms. The molecule has 0 aromatic heterocycles. The highest BCUT2D eigenvalue weighted by atomic mass is 31.2. The molecule has 0 fully saturated rings. The van der Waals surface area contributed by atoms with Crippen molar-refractivity contribution in [1.29, 1.82) is 0 Å². The van der Waals surface area contributed by atoms with Crippen molar-refractivity contribution in [1.82, 2.24) is 0 Å². The van der Waals surface area contributed by atoms with Crippen LogP contribution in [0.4, 0.5) is 0 Å². The van der Waals surface area contributed by atoms with Crippen molar-refractivity contribution in [2.75, 3.05) is 39.6 Å². The van der Waals surface area contributed by atoms with Crippen LogP contribution < -0.4 is 0 Å². The van der Waals surface area contributed by atoms with E-state index in [2.05, 4.69) is 125 Å². The van der Waals surface area contributed by atoms with Crippen molar-refractivity contribution >= 4 is 39.5 Å². The molecule has 0 heterocycles. The molecule has 19 heteroatoms. The molecule has 0 aromatic rings. The van der Waals surface area contributed by atoms with Gasteiger partial charge in [0.05, 0.1) is 26.4 Å². The van der Waals surface area contributed by atoms with Crippen LogP contribution in [0.5, 0.6) is 0 Å². The smallest absolute Gasteiger partial charge is 0.462 e. The minimum atomic E-state index is -4.99. The monoisotopic (exact) mass is 1530 g/mol. The van der Waals surface area contributed by atoms with Crippen molar-refractivity contribution in [2.24, 2.45) is 0 Å². The van der Waals surface area contributed by atoms with Crippen LogP contribution in [0.3, 0.4) is 0 Å². The molecular weight excluding hydrogens is 1380 g/mol. The summed E-state index contributed by atoms with van der Waals surface area (Å²) in [5.74, 6) is -2.19. The minimum absolute atomic E-state index is 0.0771. The maximum Gasteiger partial charge on any atom is 0.472 e. The van der Waals surface area contributed by atoms with E-state index in [1.54, 1.807) is 0 Å². The third-order valence-electron chi connectivity index (χ3n) is 18.0. The molecule has 0 aliphatic carbocycles. The van der Waals surface area contributed by atoms with Gasteiger partial charge >= 0.3 is 39.5 Å². The van der Waals surface area contributed by atoms with E-state index >= 15 is 0 Å². The summed E-state index contributed by atoms with van der Waals surface area (Å²) in [5.41, 5.74) is 0. The first-order valence-corrected chi connectivity index (χ1v) is 45.5. The van der Waals surface area contributed by atoms with Crippen molar-refractivity contribution in [2.45, 2.75) is 393 Å². The number of carbonyl (C=O) groups is 4. The van der Waals surface area contributed by atoms with Crippen molar-refractivity contribution in [3.63, 3.8) is 0 Å². The van der Waals surface area contributed by atoms with Gasteiger partial charge in [-0.1, -0.05) is 318 Å². The number of ether oxygens (including phenoxy) is 4. The second kappa shape index (κ2) is 79.1. The van der Waals surface area contributed by atoms with Crippen molar-refractivity contribution < 1.29 is 80.2 Å². The van der Waals surface area contributed by atoms with Crippen LogP contribution in [0.25, 0.3) is 0 Å². The van der Waals surface area contributed by atoms with E-state index < -0.39 is 97.5 Å². The summed E-state index contributed by atoms with van der Waals surface area (Å²) in [4.78, 5) is 73.2. The third-order valence-corrected chi connectivity index (χ3v) is 19.9. The van der Waals surface area contributed by atoms with E-state index in [0.717, 1.165) is 180 Å². The zero-order chi connectivity index (χ0) is 77.4. The van der Waals surface area contributed by atoms with Gasteiger partial charge in [0.2, 0.25) is 0 Å². The Hall–Kier alpha value is -4.02. The molecule has 0 aromatic carbocycles. The Bertz CT molecular complexity index is 2380. The molecule has 0 saturated heterocycles. The van der Waals surface area contributed by atoms with Gasteiger partial charge in [0.15, 0.2) is 12.2 Å². The van der Waals surface area contributed by atoms with Gasteiger partial charge in [0.1, 0.15) is 19.3 Å². The highest BCUT2D eigenvalue weighted by Crippen LogP contribution is 2.45. The van der Waals surface area contributed by atoms with Gasteiger partial charge in [-0.15, -0.1) is 0 Å². The molecule has 0 radical (unpaired) electrons. The molecule has 0 rings (SSSR count). The number of carbonyl (C=O) groups excluding carboxylic acids is 4. The van der Waals surface area contributed by atoms with Gasteiger partial charge in [-0.05, 0) is 128 Å². The van der Waals surface area contributed by atoms with Crippen LogP contribution in [-0.2, 0) is 65.4 Å². The fourth-order valence-corrected chi connectivity index (χ4v) is 13.1. The summed E-state index contributed by atoms with van der Waals surface area (Å²) in [6, 6.07) is 0. The van der Waals surface area contributed by atoms with E-state index in [9.17, 15) is 43.2 Å². The first-order valence-electron chi connectivity index (χ1n) is 42.5. The predicted octanol–water partition coefficient (Wildman–Crippen LogP) is 25.1. The van der Waals surface area contributed by atoms with Gasteiger partial charge in [-0.25, -0.2) is 9.13 Å². The molecule has 0 amide bonds. The minimum Gasteiger partial charge on any atom is -0.462 e. The average Bonchev–Trinajstić information content (AvgIpc) is 0.903. The Morgan fingerprint density at radius 1 is 0.274 bits per heavy atom. The summed E-state index contributed by atoms with van der Waals surface area (Å²) in [5, 5.41) is 10.7. The molecule has 0 aliphatic heterocycles. The zero-order valence-corrected chi connectivity index (χ0v) is 69.1. The third kappa shape index (κ3) is 78.1. The standard InChI is InChI=1S/C87H154O17P2/c1-5-9-13-17-21-25-29-33-36-38-40-42-45-49-52-56-60-64-68-72-85(90)98-78-83(104-87(92)74-70-66-62-58-54-50-46-43-41-39-37-34-30-26-22-18-14-10-6-2)80-102-106(95,96)100-76-81(88)75-99-105(93,94)101-79-82(103-86(91)73-69-65-61-57-53-47-32-28-24-20-16-12-8-4)77-97-84(89)71-67-63-59-55-51-48-44-35-31-27-23-19-15-11-7-3/h9,13,21-22,25-26,28,32-34,36-37,40-43,81-83,88H,5-8,10-12,14-20,23-24,27,29-31,35,38-39,44-80H2,1-4H3,(H,93,94)(H,95,96)/b13-9-,25-21-,26-22-,32-28-,36-33-,37-34-,42-40-,43-41-. The van der Waals surface area contributed by atoms with Crippen molar-refractivity contribution in [3.05, 3.63) is 97.2 Å². The maximum atomic E-state index is 13.1. The number of aliphatic hydroxyl groups is 1. The van der Waals surface area contributed by atoms with E-state index in [4.69, 9.17) is 37.0 Å². The largest absolute Gasteiger partial charge is 0.472 e. The Kier molecular flexibility index (Phi) is 76.1. The number of phosphoric ester groups is 2. The Morgan fingerprint density at radius 3 is 0.792 bits per heavy atom. The Labute approximate surface area is 646 Å². The molecule has 17 nitrogen and oxygen atoms in total. The molecule has 106 heavy (non-hydrogen) atoms. The number of hydrogen-bond donors (Lipinski definition) is 3. The first-order chi connectivity index (χ1) is 51.7. The summed E-state index contributed by atoms with van der Waals surface area (Å²) in [7, 11) is -9.96. The number of rotatable bonds is 80.